The maximum atomic E-state index is 6.16. The summed E-state index contributed by atoms with van der Waals surface area (Å²) in [5.41, 5.74) is 0.937. The molecule has 1 aromatic carbocycles. The van der Waals surface area contributed by atoms with Gasteiger partial charge >= 0.3 is 0 Å². The zero-order valence-corrected chi connectivity index (χ0v) is 12.1. The second kappa shape index (κ2) is 6.38. The predicted molar refractivity (Wildman–Crippen MR) is 75.7 cm³/mol. The summed E-state index contributed by atoms with van der Waals surface area (Å²) in [6.07, 6.45) is 1.75. The normalized spacial score (nSPS) is 10.6. The lowest BCUT2D eigenvalue weighted by atomic mass is 10.2. The van der Waals surface area contributed by atoms with Crippen molar-refractivity contribution in [3.05, 3.63) is 44.3 Å². The first-order valence-corrected chi connectivity index (χ1v) is 6.98. The van der Waals surface area contributed by atoms with Crippen molar-refractivity contribution in [2.45, 2.75) is 13.2 Å². The molecular weight excluding hydrogens is 291 g/mol. The Hall–Kier alpha value is -0.810. The van der Waals surface area contributed by atoms with Gasteiger partial charge in [-0.15, -0.1) is 11.3 Å². The van der Waals surface area contributed by atoms with Crippen LogP contribution in [0.15, 0.2) is 23.7 Å². The second-order valence-corrected chi connectivity index (χ2v) is 5.44. The van der Waals surface area contributed by atoms with Crippen LogP contribution in [0.25, 0.3) is 0 Å². The van der Waals surface area contributed by atoms with E-state index >= 15 is 0 Å². The third kappa shape index (κ3) is 3.36. The van der Waals surface area contributed by atoms with E-state index in [1.54, 1.807) is 23.6 Å². The Kier molecular flexibility index (Phi) is 4.83. The van der Waals surface area contributed by atoms with Crippen LogP contribution >= 0.6 is 34.5 Å². The lowest BCUT2D eigenvalue weighted by Crippen LogP contribution is -2.08. The van der Waals surface area contributed by atoms with E-state index in [0.717, 1.165) is 10.6 Å². The molecule has 1 heterocycles. The largest absolute Gasteiger partial charge is 0.485 e. The number of hydrogen-bond acceptors (Lipinski definition) is 4. The third-order valence-electron chi connectivity index (χ3n) is 2.28. The van der Waals surface area contributed by atoms with Crippen molar-refractivity contribution in [3.63, 3.8) is 0 Å². The van der Waals surface area contributed by atoms with Gasteiger partial charge in [0.1, 0.15) is 17.4 Å². The van der Waals surface area contributed by atoms with E-state index in [0.29, 0.717) is 28.9 Å². The van der Waals surface area contributed by atoms with Crippen LogP contribution in [0.2, 0.25) is 10.0 Å². The molecule has 2 aromatic rings. The van der Waals surface area contributed by atoms with Crippen molar-refractivity contribution in [1.29, 1.82) is 0 Å². The molecule has 0 atom stereocenters. The van der Waals surface area contributed by atoms with Gasteiger partial charge in [0, 0.05) is 28.7 Å². The van der Waals surface area contributed by atoms with E-state index in [2.05, 4.69) is 10.3 Å². The molecule has 2 rings (SSSR count). The first kappa shape index (κ1) is 13.6. The van der Waals surface area contributed by atoms with Crippen molar-refractivity contribution in [1.82, 2.24) is 10.3 Å². The van der Waals surface area contributed by atoms with Crippen LogP contribution in [0.1, 0.15) is 10.6 Å². The number of halogens is 2. The average Bonchev–Trinajstić information content (AvgIpc) is 2.81. The van der Waals surface area contributed by atoms with Gasteiger partial charge in [-0.25, -0.2) is 4.98 Å². The molecule has 0 aliphatic heterocycles. The fourth-order valence-electron chi connectivity index (χ4n) is 1.56. The summed E-state index contributed by atoms with van der Waals surface area (Å²) in [7, 11) is 1.86. The molecule has 0 aliphatic carbocycles. The summed E-state index contributed by atoms with van der Waals surface area (Å²) < 4.78 is 5.74. The van der Waals surface area contributed by atoms with Gasteiger partial charge in [-0.2, -0.15) is 0 Å². The number of nitrogens with one attached hydrogen (secondary N) is 1. The van der Waals surface area contributed by atoms with Crippen LogP contribution < -0.4 is 10.1 Å². The summed E-state index contributed by atoms with van der Waals surface area (Å²) >= 11 is 13.7. The molecular formula is C12H12Cl2N2OS. The van der Waals surface area contributed by atoms with Crippen LogP contribution in [-0.2, 0) is 13.2 Å². The molecule has 3 nitrogen and oxygen atoms in total. The van der Waals surface area contributed by atoms with Gasteiger partial charge in [0.25, 0.3) is 0 Å². The fourth-order valence-corrected chi connectivity index (χ4v) is 2.67. The van der Waals surface area contributed by atoms with Crippen LogP contribution in [0.3, 0.4) is 0 Å². The molecule has 0 aliphatic rings. The molecule has 1 N–H and O–H groups in total. The first-order chi connectivity index (χ1) is 8.70. The average molecular weight is 303 g/mol. The molecule has 1 aromatic heterocycles. The van der Waals surface area contributed by atoms with Gasteiger partial charge < -0.3 is 10.1 Å². The number of thiazole rings is 1. The van der Waals surface area contributed by atoms with Crippen molar-refractivity contribution >= 4 is 34.5 Å². The Morgan fingerprint density at radius 2 is 2.22 bits per heavy atom. The van der Waals surface area contributed by atoms with Crippen LogP contribution in [0.5, 0.6) is 5.75 Å². The standard InChI is InChI=1S/C12H12Cl2N2OS/c1-15-6-8-4-9(13)5-10(14)12(8)17-7-11-16-2-3-18-11/h2-5,15H,6-7H2,1H3. The number of aromatic nitrogens is 1. The molecule has 0 saturated heterocycles. The number of ether oxygens (including phenoxy) is 1. The van der Waals surface area contributed by atoms with E-state index in [-0.39, 0.29) is 0 Å². The molecule has 6 heteroatoms. The smallest absolute Gasteiger partial charge is 0.143 e. The Morgan fingerprint density at radius 1 is 1.39 bits per heavy atom. The van der Waals surface area contributed by atoms with E-state index in [4.69, 9.17) is 27.9 Å². The van der Waals surface area contributed by atoms with Gasteiger partial charge in [-0.05, 0) is 19.2 Å². The highest BCUT2D eigenvalue weighted by Crippen LogP contribution is 2.33. The van der Waals surface area contributed by atoms with Gasteiger partial charge in [0.15, 0.2) is 0 Å². The summed E-state index contributed by atoms with van der Waals surface area (Å²) in [6.45, 7) is 1.06. The molecule has 0 radical (unpaired) electrons. The fraction of sp³-hybridized carbons (Fsp3) is 0.250. The molecule has 18 heavy (non-hydrogen) atoms. The van der Waals surface area contributed by atoms with Crippen molar-refractivity contribution in [2.24, 2.45) is 0 Å². The van der Waals surface area contributed by atoms with Gasteiger partial charge in [-0.3, -0.25) is 0 Å². The SMILES string of the molecule is CNCc1cc(Cl)cc(Cl)c1OCc1nccs1. The summed E-state index contributed by atoms with van der Waals surface area (Å²) in [6, 6.07) is 3.53. The highest BCUT2D eigenvalue weighted by molar-refractivity contribution is 7.09. The summed E-state index contributed by atoms with van der Waals surface area (Å²) in [5.74, 6) is 0.658. The summed E-state index contributed by atoms with van der Waals surface area (Å²) in [5, 5.41) is 7.01. The van der Waals surface area contributed by atoms with E-state index in [1.165, 1.54) is 0 Å². The van der Waals surface area contributed by atoms with Crippen LogP contribution in [0, 0.1) is 0 Å². The van der Waals surface area contributed by atoms with Crippen molar-refractivity contribution in [3.8, 4) is 5.75 Å². The van der Waals surface area contributed by atoms with E-state index in [1.807, 2.05) is 18.5 Å². The third-order valence-corrected chi connectivity index (χ3v) is 3.53. The highest BCUT2D eigenvalue weighted by Gasteiger charge is 2.11. The lowest BCUT2D eigenvalue weighted by molar-refractivity contribution is 0.302. The lowest BCUT2D eigenvalue weighted by Gasteiger charge is -2.12. The molecule has 0 unspecified atom stereocenters. The molecule has 96 valence electrons. The second-order valence-electron chi connectivity index (χ2n) is 3.62. The van der Waals surface area contributed by atoms with Crippen LogP contribution in [0.4, 0.5) is 0 Å². The van der Waals surface area contributed by atoms with Gasteiger partial charge in [-0.1, -0.05) is 23.2 Å². The van der Waals surface area contributed by atoms with Crippen LogP contribution in [-0.4, -0.2) is 12.0 Å². The van der Waals surface area contributed by atoms with E-state index < -0.39 is 0 Å². The van der Waals surface area contributed by atoms with Crippen molar-refractivity contribution in [2.75, 3.05) is 7.05 Å². The molecule has 0 saturated carbocycles. The Balaban J connectivity index is 2.19. The Morgan fingerprint density at radius 3 is 2.89 bits per heavy atom. The van der Waals surface area contributed by atoms with Crippen molar-refractivity contribution < 1.29 is 4.74 Å². The zero-order valence-electron chi connectivity index (χ0n) is 9.74. The number of rotatable bonds is 5. The molecule has 0 fully saturated rings. The van der Waals surface area contributed by atoms with E-state index in [9.17, 15) is 0 Å². The number of nitrogens with zero attached hydrogens (tertiary/aromatic N) is 1. The Bertz CT molecular complexity index is 517. The molecule has 0 spiro atoms. The number of hydrogen-bond donors (Lipinski definition) is 1. The number of benzene rings is 1. The predicted octanol–water partition coefficient (Wildman–Crippen LogP) is 3.75. The molecule has 0 amide bonds. The zero-order chi connectivity index (χ0) is 13.0. The Labute approximate surface area is 120 Å². The summed E-state index contributed by atoms with van der Waals surface area (Å²) in [4.78, 5) is 4.16. The minimum atomic E-state index is 0.412. The minimum absolute atomic E-state index is 0.412. The maximum Gasteiger partial charge on any atom is 0.143 e. The topological polar surface area (TPSA) is 34.1 Å². The quantitative estimate of drug-likeness (QED) is 0.913. The monoisotopic (exact) mass is 302 g/mol. The minimum Gasteiger partial charge on any atom is -0.485 e. The maximum absolute atomic E-state index is 6.16. The molecule has 0 bridgehead atoms. The highest BCUT2D eigenvalue weighted by atomic mass is 35.5. The van der Waals surface area contributed by atoms with Gasteiger partial charge in [0.2, 0.25) is 0 Å². The van der Waals surface area contributed by atoms with Gasteiger partial charge in [0.05, 0.1) is 5.02 Å². The first-order valence-electron chi connectivity index (χ1n) is 5.34.